The molecule has 3 aliphatic rings. The first-order chi connectivity index (χ1) is 30.5. The van der Waals surface area contributed by atoms with Gasteiger partial charge in [-0.15, -0.1) is 0 Å². The van der Waals surface area contributed by atoms with Crippen LogP contribution in [-0.4, -0.2) is 100 Å². The molecule has 9 atom stereocenters. The van der Waals surface area contributed by atoms with Crippen molar-refractivity contribution in [3.8, 4) is 6.07 Å². The molecule has 2 amide bonds. The van der Waals surface area contributed by atoms with E-state index in [4.69, 9.17) is 27.4 Å². The van der Waals surface area contributed by atoms with Gasteiger partial charge in [0.2, 0.25) is 0 Å². The highest BCUT2D eigenvalue weighted by molar-refractivity contribution is 7.48. The average Bonchev–Trinajstić information content (AvgIpc) is 4.08. The quantitative estimate of drug-likeness (QED) is 0.0968. The lowest BCUT2D eigenvalue weighted by molar-refractivity contribution is -0.0544. The zero-order chi connectivity index (χ0) is 43.7. The number of nitrogens with one attached hydrogen (secondary N) is 2. The predicted octanol–water partition coefficient (Wildman–Crippen LogP) is 5.09. The molecule has 324 valence electrons. The van der Waals surface area contributed by atoms with Gasteiger partial charge in [-0.1, -0.05) is 48.6 Å². The molecule has 0 bridgehead atoms. The van der Waals surface area contributed by atoms with E-state index in [2.05, 4.69) is 40.5 Å². The summed E-state index contributed by atoms with van der Waals surface area (Å²) < 4.78 is 82.0. The van der Waals surface area contributed by atoms with Crippen molar-refractivity contribution < 1.29 is 55.4 Å². The van der Waals surface area contributed by atoms with Crippen molar-refractivity contribution in [2.45, 2.75) is 43.2 Å². The second-order valence-electron chi connectivity index (χ2n) is 14.2. The van der Waals surface area contributed by atoms with E-state index in [9.17, 15) is 28.9 Å². The lowest BCUT2D eigenvalue weighted by Crippen LogP contribution is -2.36. The maximum Gasteiger partial charge on any atom is 0.475 e. The molecule has 6 aromatic rings. The summed E-state index contributed by atoms with van der Waals surface area (Å²) in [7, 11) is -9.83. The van der Waals surface area contributed by atoms with E-state index in [0.29, 0.717) is 11.1 Å². The van der Waals surface area contributed by atoms with E-state index in [0.717, 1.165) is 6.33 Å². The van der Waals surface area contributed by atoms with Crippen LogP contribution in [0.4, 0.5) is 16.0 Å². The summed E-state index contributed by atoms with van der Waals surface area (Å²) in [6.45, 7) is -1.79. The summed E-state index contributed by atoms with van der Waals surface area (Å²) >= 11 is 0. The van der Waals surface area contributed by atoms with Crippen molar-refractivity contribution >= 4 is 61.4 Å². The van der Waals surface area contributed by atoms with Crippen LogP contribution in [0.2, 0.25) is 0 Å². The Morgan fingerprint density at radius 3 is 2.03 bits per heavy atom. The zero-order valence-corrected chi connectivity index (χ0v) is 34.2. The van der Waals surface area contributed by atoms with E-state index in [1.54, 1.807) is 72.8 Å². The number of nitrogens with zero attached hydrogens (tertiary/aromatic N) is 9. The van der Waals surface area contributed by atoms with Crippen molar-refractivity contribution in [2.24, 2.45) is 5.92 Å². The fourth-order valence-corrected chi connectivity index (χ4v) is 9.66. The number of aromatic nitrogens is 8. The number of rotatable bonds is 9. The summed E-state index contributed by atoms with van der Waals surface area (Å²) in [5.74, 6) is -1.77. The Hall–Kier alpha value is -6.18. The van der Waals surface area contributed by atoms with E-state index < -0.39 is 90.0 Å². The Kier molecular flexibility index (Phi) is 11.7. The number of imidazole rings is 2. The Morgan fingerprint density at radius 1 is 0.810 bits per heavy atom. The van der Waals surface area contributed by atoms with Gasteiger partial charge in [-0.3, -0.25) is 36.8 Å². The first-order valence-electron chi connectivity index (χ1n) is 19.2. The first-order valence-corrected chi connectivity index (χ1v) is 22.1. The SMILES string of the molecule is N#CCCOP1(=O)OCC2C=C[C@@H](n3cnc4c(NC(=O)c5ccccc5)ncnc43)[C@@H]2OP(=O)(O)OC[C@H]2O[C@@H](n3cnc4c(NC(=O)c5ccccc5)ncnc43)[C@H](F)[C@@H]2O1. The molecule has 0 radical (unpaired) electrons. The van der Waals surface area contributed by atoms with Crippen LogP contribution in [-0.2, 0) is 36.5 Å². The zero-order valence-electron chi connectivity index (χ0n) is 32.4. The van der Waals surface area contributed by atoms with Gasteiger partial charge in [0.1, 0.15) is 31.0 Å². The number of anilines is 2. The topological polar surface area (TPSA) is 279 Å². The van der Waals surface area contributed by atoms with E-state index in [-0.39, 0.29) is 40.4 Å². The van der Waals surface area contributed by atoms with E-state index >= 15 is 4.39 Å². The molecule has 1 aliphatic carbocycles. The number of ether oxygens (including phenoxy) is 1. The van der Waals surface area contributed by atoms with Crippen molar-refractivity contribution in [1.29, 1.82) is 5.26 Å². The van der Waals surface area contributed by atoms with Crippen molar-refractivity contribution in [3.05, 3.63) is 109 Å². The fourth-order valence-electron chi connectivity index (χ4n) is 7.26. The highest BCUT2D eigenvalue weighted by Crippen LogP contribution is 2.57. The summed E-state index contributed by atoms with van der Waals surface area (Å²) in [6.07, 6.45) is -0.641. The molecule has 0 spiro atoms. The van der Waals surface area contributed by atoms with Gasteiger partial charge in [0.15, 0.2) is 46.4 Å². The van der Waals surface area contributed by atoms with Crippen LogP contribution in [0, 0.1) is 17.2 Å². The molecule has 3 N–H and O–H groups in total. The lowest BCUT2D eigenvalue weighted by atomic mass is 10.1. The van der Waals surface area contributed by atoms with Crippen molar-refractivity contribution in [2.75, 3.05) is 30.5 Å². The molecule has 2 aromatic carbocycles. The normalized spacial score (nSPS) is 28.4. The maximum atomic E-state index is 16.8. The smallest absolute Gasteiger partial charge is 0.346 e. The summed E-state index contributed by atoms with van der Waals surface area (Å²) in [5, 5.41) is 14.6. The fraction of sp³-hybridized carbons (Fsp3) is 0.289. The summed E-state index contributed by atoms with van der Waals surface area (Å²) in [5.41, 5.74) is 1.22. The Balaban J connectivity index is 0.989. The highest BCUT2D eigenvalue weighted by Gasteiger charge is 2.53. The standard InChI is InChI=1S/C38H34FN11O11P2/c39-27-31-26(59-38(27)50-21-46-29-33(42-19-44-35(29)50)48-37(52)23-10-5-2-6-11-23)17-57-62(53,54)60-30-24(16-58-63(55,61-31)56-15-7-14-40)12-13-25(30)49-20-45-28-32(41-18-43-34(28)49)47-36(51)22-8-3-1-4-9-22/h1-6,8-13,18-21,24-27,30-31,38H,7,15-17H2,(H,53,54)(H,41,43,47,51)(H,42,44,48,52)/t24?,25-,26-,27-,30-,31-,38-,63?/m1/s1. The van der Waals surface area contributed by atoms with Crippen molar-refractivity contribution in [3.63, 3.8) is 0 Å². The third-order valence-electron chi connectivity index (χ3n) is 10.2. The molecular formula is C38H34FN11O11P2. The number of halogens is 1. The van der Waals surface area contributed by atoms with E-state index in [1.165, 1.54) is 28.1 Å². The number of hydrogen-bond acceptors (Lipinski definition) is 17. The van der Waals surface area contributed by atoms with Gasteiger partial charge in [0, 0.05) is 17.0 Å². The van der Waals surface area contributed by atoms with Crippen LogP contribution in [0.15, 0.2) is 98.1 Å². The van der Waals surface area contributed by atoms with Gasteiger partial charge in [-0.2, -0.15) is 5.26 Å². The Bertz CT molecular complexity index is 2850. The molecule has 2 saturated heterocycles. The van der Waals surface area contributed by atoms with Crippen LogP contribution in [0.1, 0.15) is 39.4 Å². The number of hydrogen-bond donors (Lipinski definition) is 3. The van der Waals surface area contributed by atoms with Crippen molar-refractivity contribution in [1.82, 2.24) is 39.0 Å². The average molecular weight is 902 g/mol. The van der Waals surface area contributed by atoms with Crippen LogP contribution in [0.5, 0.6) is 0 Å². The van der Waals surface area contributed by atoms with Gasteiger partial charge in [-0.05, 0) is 24.3 Å². The number of benzene rings is 2. The molecule has 3 unspecified atom stereocenters. The number of phosphoric acid groups is 2. The van der Waals surface area contributed by atoms with Gasteiger partial charge >= 0.3 is 15.6 Å². The third-order valence-corrected chi connectivity index (χ3v) is 12.7. The second kappa shape index (κ2) is 17.5. The van der Waals surface area contributed by atoms with E-state index in [1.807, 2.05) is 6.07 Å². The third kappa shape index (κ3) is 8.64. The monoisotopic (exact) mass is 901 g/mol. The number of fused-ring (bicyclic) bond motifs is 4. The van der Waals surface area contributed by atoms with Crippen LogP contribution >= 0.6 is 15.6 Å². The maximum absolute atomic E-state index is 16.8. The Morgan fingerprint density at radius 2 is 1.41 bits per heavy atom. The van der Waals surface area contributed by atoms with Crippen LogP contribution in [0.25, 0.3) is 22.3 Å². The first kappa shape index (κ1) is 42.1. The molecule has 4 aromatic heterocycles. The second-order valence-corrected chi connectivity index (χ2v) is 17.2. The summed E-state index contributed by atoms with van der Waals surface area (Å²) in [4.78, 5) is 62.7. The number of nitriles is 1. The largest absolute Gasteiger partial charge is 0.475 e. The predicted molar refractivity (Wildman–Crippen MR) is 215 cm³/mol. The minimum absolute atomic E-state index is 0.0125. The molecule has 63 heavy (non-hydrogen) atoms. The van der Waals surface area contributed by atoms with Crippen LogP contribution in [0.3, 0.4) is 0 Å². The minimum atomic E-state index is -5.05. The highest BCUT2D eigenvalue weighted by atomic mass is 31.2. The number of carbonyl (C=O) groups is 2. The number of phosphoric ester groups is 2. The van der Waals surface area contributed by atoms with Gasteiger partial charge in [0.25, 0.3) is 11.8 Å². The Labute approximate surface area is 355 Å². The number of amides is 2. The molecule has 9 rings (SSSR count). The number of carbonyl (C=O) groups excluding carboxylic acids is 2. The molecular weight excluding hydrogens is 867 g/mol. The molecule has 25 heteroatoms. The van der Waals surface area contributed by atoms with Gasteiger partial charge < -0.3 is 24.8 Å². The molecule has 2 fully saturated rings. The van der Waals surface area contributed by atoms with Gasteiger partial charge in [-0.25, -0.2) is 43.4 Å². The lowest BCUT2D eigenvalue weighted by Gasteiger charge is -2.31. The summed E-state index contributed by atoms with van der Waals surface area (Å²) in [6, 6.07) is 17.7. The van der Waals surface area contributed by atoms with Crippen LogP contribution < -0.4 is 10.6 Å². The number of alkyl halides is 1. The molecule has 2 aliphatic heterocycles. The molecule has 6 heterocycles. The van der Waals surface area contributed by atoms with Gasteiger partial charge in [0.05, 0.1) is 51.0 Å². The molecule has 22 nitrogen and oxygen atoms in total. The minimum Gasteiger partial charge on any atom is -0.346 e. The molecule has 0 saturated carbocycles.